The van der Waals surface area contributed by atoms with Gasteiger partial charge in [-0.2, -0.15) is 26.3 Å². The number of rotatable bonds is 8. The molecular weight excluding hydrogens is 598 g/mol. The quantitative estimate of drug-likeness (QED) is 0.194. The third kappa shape index (κ3) is 7.32. The monoisotopic (exact) mass is 617 g/mol. The summed E-state index contributed by atoms with van der Waals surface area (Å²) in [4.78, 5) is 0. The third-order valence-electron chi connectivity index (χ3n) is 6.16. The first-order valence-corrected chi connectivity index (χ1v) is 12.7. The van der Waals surface area contributed by atoms with E-state index in [0.29, 0.717) is 18.2 Å². The SMILES string of the molecule is OCC(NC(c1cccc(Oc2cccc(Cl)c2Cl)c1)c1cc(C(F)(F)F)ccc1F)c1ccc(C(F)(F)F)cc1. The van der Waals surface area contributed by atoms with Crippen LogP contribution in [0.2, 0.25) is 10.0 Å². The summed E-state index contributed by atoms with van der Waals surface area (Å²) >= 11 is 12.2. The van der Waals surface area contributed by atoms with Crippen LogP contribution in [0, 0.1) is 5.82 Å². The third-order valence-corrected chi connectivity index (χ3v) is 6.96. The Hall–Kier alpha value is -3.31. The van der Waals surface area contributed by atoms with Crippen LogP contribution >= 0.6 is 23.2 Å². The maximum Gasteiger partial charge on any atom is 0.416 e. The van der Waals surface area contributed by atoms with Crippen LogP contribution in [-0.2, 0) is 12.4 Å². The Bertz CT molecular complexity index is 1510. The fourth-order valence-electron chi connectivity index (χ4n) is 4.11. The number of nitrogens with one attached hydrogen (secondary N) is 1. The van der Waals surface area contributed by atoms with Crippen LogP contribution in [0.3, 0.4) is 0 Å². The number of aliphatic hydroxyl groups is 1. The molecule has 0 spiro atoms. The molecule has 0 aliphatic carbocycles. The van der Waals surface area contributed by atoms with E-state index >= 15 is 4.39 Å². The molecule has 0 radical (unpaired) electrons. The fraction of sp³-hybridized carbons (Fsp3) is 0.172. The molecule has 0 bridgehead atoms. The lowest BCUT2D eigenvalue weighted by molar-refractivity contribution is -0.138. The smallest absolute Gasteiger partial charge is 0.416 e. The van der Waals surface area contributed by atoms with Crippen molar-refractivity contribution in [2.24, 2.45) is 0 Å². The van der Waals surface area contributed by atoms with Gasteiger partial charge in [-0.25, -0.2) is 4.39 Å². The van der Waals surface area contributed by atoms with Crippen LogP contribution in [-0.4, -0.2) is 11.7 Å². The molecule has 2 atom stereocenters. The van der Waals surface area contributed by atoms with E-state index in [4.69, 9.17) is 27.9 Å². The highest BCUT2D eigenvalue weighted by Crippen LogP contribution is 2.38. The average Bonchev–Trinajstić information content (AvgIpc) is 2.92. The maximum atomic E-state index is 15.1. The lowest BCUT2D eigenvalue weighted by atomic mass is 9.94. The van der Waals surface area contributed by atoms with Crippen LogP contribution in [0.1, 0.15) is 39.9 Å². The van der Waals surface area contributed by atoms with Gasteiger partial charge < -0.3 is 9.84 Å². The van der Waals surface area contributed by atoms with Crippen LogP contribution in [0.25, 0.3) is 0 Å². The summed E-state index contributed by atoms with van der Waals surface area (Å²) in [5.41, 5.74) is -2.04. The van der Waals surface area contributed by atoms with Crippen molar-refractivity contribution in [3.63, 3.8) is 0 Å². The minimum absolute atomic E-state index is 0.112. The first kappa shape index (κ1) is 30.6. The first-order chi connectivity index (χ1) is 19.3. The molecule has 4 rings (SSSR count). The van der Waals surface area contributed by atoms with Crippen molar-refractivity contribution >= 4 is 23.2 Å². The largest absolute Gasteiger partial charge is 0.456 e. The molecule has 0 amide bonds. The molecule has 41 heavy (non-hydrogen) atoms. The number of hydrogen-bond donors (Lipinski definition) is 2. The van der Waals surface area contributed by atoms with Gasteiger partial charge in [0.05, 0.1) is 34.8 Å². The van der Waals surface area contributed by atoms with Crippen LogP contribution < -0.4 is 10.1 Å². The predicted octanol–water partition coefficient (Wildman–Crippen LogP) is 9.37. The highest BCUT2D eigenvalue weighted by atomic mass is 35.5. The molecule has 0 saturated carbocycles. The van der Waals surface area contributed by atoms with Gasteiger partial charge in [-0.15, -0.1) is 0 Å². The van der Waals surface area contributed by atoms with Crippen molar-refractivity contribution in [2.75, 3.05) is 6.61 Å². The van der Waals surface area contributed by atoms with Gasteiger partial charge in [0.15, 0.2) is 0 Å². The lowest BCUT2D eigenvalue weighted by Crippen LogP contribution is -2.30. The van der Waals surface area contributed by atoms with E-state index in [2.05, 4.69) is 5.32 Å². The van der Waals surface area contributed by atoms with Gasteiger partial charge in [0.2, 0.25) is 0 Å². The molecule has 12 heteroatoms. The maximum absolute atomic E-state index is 15.1. The molecule has 2 N–H and O–H groups in total. The van der Waals surface area contributed by atoms with E-state index in [1.165, 1.54) is 30.3 Å². The molecule has 0 aliphatic heterocycles. The zero-order valence-corrected chi connectivity index (χ0v) is 22.2. The van der Waals surface area contributed by atoms with Gasteiger partial charge >= 0.3 is 12.4 Å². The summed E-state index contributed by atoms with van der Waals surface area (Å²) in [7, 11) is 0. The zero-order valence-electron chi connectivity index (χ0n) is 20.7. The van der Waals surface area contributed by atoms with Crippen LogP contribution in [0.4, 0.5) is 30.7 Å². The highest BCUT2D eigenvalue weighted by Gasteiger charge is 2.33. The Balaban J connectivity index is 1.78. The second kappa shape index (κ2) is 12.3. The molecule has 0 saturated heterocycles. The summed E-state index contributed by atoms with van der Waals surface area (Å²) in [5, 5.41) is 13.3. The van der Waals surface area contributed by atoms with Crippen LogP contribution in [0.15, 0.2) is 84.9 Å². The molecule has 4 aromatic carbocycles. The van der Waals surface area contributed by atoms with Crippen molar-refractivity contribution in [1.82, 2.24) is 5.32 Å². The van der Waals surface area contributed by atoms with Crippen molar-refractivity contribution in [3.8, 4) is 11.5 Å². The molecule has 2 unspecified atom stereocenters. The van der Waals surface area contributed by atoms with Gasteiger partial charge in [-0.1, -0.05) is 53.5 Å². The van der Waals surface area contributed by atoms with Gasteiger partial charge in [0.25, 0.3) is 0 Å². The minimum atomic E-state index is -4.79. The number of benzene rings is 4. The second-order valence-corrected chi connectivity index (χ2v) is 9.70. The Morgan fingerprint density at radius 2 is 1.39 bits per heavy atom. The molecule has 216 valence electrons. The molecule has 4 aromatic rings. The van der Waals surface area contributed by atoms with Crippen molar-refractivity contribution in [1.29, 1.82) is 0 Å². The van der Waals surface area contributed by atoms with Gasteiger partial charge in [-0.05, 0) is 65.7 Å². The van der Waals surface area contributed by atoms with E-state index in [9.17, 15) is 31.4 Å². The highest BCUT2D eigenvalue weighted by molar-refractivity contribution is 6.42. The Kier molecular flexibility index (Phi) is 9.18. The van der Waals surface area contributed by atoms with Gasteiger partial charge in [-0.3, -0.25) is 5.32 Å². The summed E-state index contributed by atoms with van der Waals surface area (Å²) < 4.78 is 101. The summed E-state index contributed by atoms with van der Waals surface area (Å²) in [6.07, 6.45) is -9.39. The van der Waals surface area contributed by atoms with Crippen molar-refractivity contribution < 1.29 is 40.6 Å². The number of hydrogen-bond acceptors (Lipinski definition) is 3. The minimum Gasteiger partial charge on any atom is -0.456 e. The van der Waals surface area contributed by atoms with Gasteiger partial charge in [0.1, 0.15) is 22.3 Å². The van der Waals surface area contributed by atoms with Crippen LogP contribution in [0.5, 0.6) is 11.5 Å². The van der Waals surface area contributed by atoms with Gasteiger partial charge in [0, 0.05) is 5.56 Å². The Morgan fingerprint density at radius 1 is 0.756 bits per heavy atom. The van der Waals surface area contributed by atoms with Crippen molar-refractivity contribution in [3.05, 3.63) is 129 Å². The summed E-state index contributed by atoms with van der Waals surface area (Å²) in [5.74, 6) is -0.617. The zero-order chi connectivity index (χ0) is 29.9. The number of aliphatic hydroxyl groups excluding tert-OH is 1. The molecule has 0 heterocycles. The lowest BCUT2D eigenvalue weighted by Gasteiger charge is -2.27. The number of alkyl halides is 6. The summed E-state index contributed by atoms with van der Waals surface area (Å²) in [6.45, 7) is -0.670. The topological polar surface area (TPSA) is 41.5 Å². The predicted molar refractivity (Wildman–Crippen MR) is 141 cm³/mol. The number of halogens is 9. The first-order valence-electron chi connectivity index (χ1n) is 11.9. The van der Waals surface area contributed by atoms with Crippen molar-refractivity contribution in [2.45, 2.75) is 24.4 Å². The molecule has 0 fully saturated rings. The summed E-state index contributed by atoms with van der Waals surface area (Å²) in [6, 6.07) is 14.0. The number of ether oxygens (including phenoxy) is 1. The van der Waals surface area contributed by atoms with E-state index < -0.39 is 53.6 Å². The Labute approximate surface area is 240 Å². The van der Waals surface area contributed by atoms with E-state index in [0.717, 1.165) is 24.3 Å². The van der Waals surface area contributed by atoms with E-state index in [1.54, 1.807) is 12.1 Å². The Morgan fingerprint density at radius 3 is 2.02 bits per heavy atom. The van der Waals surface area contributed by atoms with E-state index in [1.807, 2.05) is 0 Å². The normalized spacial score (nSPS) is 13.6. The second-order valence-electron chi connectivity index (χ2n) is 8.92. The standard InChI is InChI=1S/C29H20Cl2F7NO2/c30-22-5-2-6-25(26(22)31)41-20-4-1-3-17(13-20)27(21-14-19(29(36,37)38)11-12-23(21)32)39-24(15-40)16-7-9-18(10-8-16)28(33,34)35/h1-14,24,27,39-40H,15H2. The molecule has 3 nitrogen and oxygen atoms in total. The molecule has 0 aromatic heterocycles. The van der Waals surface area contributed by atoms with E-state index in [-0.39, 0.29) is 32.7 Å². The molecule has 0 aliphatic rings. The molecular formula is C29H20Cl2F7NO2. The average molecular weight is 618 g/mol. The fourth-order valence-corrected chi connectivity index (χ4v) is 4.44.